The number of fused-ring (bicyclic) bond motifs is 1. The van der Waals surface area contributed by atoms with E-state index in [4.69, 9.17) is 10.5 Å². The van der Waals surface area contributed by atoms with E-state index in [9.17, 15) is 14.7 Å². The maximum Gasteiger partial charge on any atom is 0.247 e. The number of amides is 2. The minimum atomic E-state index is -0.686. The summed E-state index contributed by atoms with van der Waals surface area (Å²) in [6.07, 6.45) is 1.43. The van der Waals surface area contributed by atoms with E-state index in [2.05, 4.69) is 10.2 Å². The van der Waals surface area contributed by atoms with Gasteiger partial charge in [0.25, 0.3) is 0 Å². The van der Waals surface area contributed by atoms with Crippen LogP contribution >= 0.6 is 11.8 Å². The summed E-state index contributed by atoms with van der Waals surface area (Å²) in [5, 5.41) is 19.2. The van der Waals surface area contributed by atoms with Gasteiger partial charge in [-0.05, 0) is 48.0 Å². The zero-order valence-corrected chi connectivity index (χ0v) is 18.7. The smallest absolute Gasteiger partial charge is 0.247 e. The van der Waals surface area contributed by atoms with Crippen LogP contribution in [0.1, 0.15) is 18.9 Å². The molecule has 0 aromatic heterocycles. The zero-order chi connectivity index (χ0) is 23.4. The lowest BCUT2D eigenvalue weighted by Gasteiger charge is -2.15. The van der Waals surface area contributed by atoms with Crippen molar-refractivity contribution in [1.82, 2.24) is 0 Å². The predicted octanol–water partition coefficient (Wildman–Crippen LogP) is 3.66. The molecule has 1 fully saturated rings. The number of rotatable bonds is 6. The second-order valence-corrected chi connectivity index (χ2v) is 8.43. The predicted molar refractivity (Wildman–Crippen MR) is 131 cm³/mol. The lowest BCUT2D eigenvalue weighted by molar-refractivity contribution is -0.121. The zero-order valence-electron chi connectivity index (χ0n) is 17.8. The molecule has 0 radical (unpaired) electrons. The number of ether oxygens (including phenoxy) is 1. The van der Waals surface area contributed by atoms with Crippen LogP contribution in [0.3, 0.4) is 0 Å². The summed E-state index contributed by atoms with van der Waals surface area (Å²) in [4.78, 5) is 26.4. The van der Waals surface area contributed by atoms with Gasteiger partial charge >= 0.3 is 0 Å². The molecule has 1 aliphatic heterocycles. The van der Waals surface area contributed by atoms with Gasteiger partial charge in [-0.25, -0.2) is 4.90 Å². The minimum Gasteiger partial charge on any atom is -0.507 e. The van der Waals surface area contributed by atoms with Crippen LogP contribution < -0.4 is 15.4 Å². The first-order chi connectivity index (χ1) is 16.0. The second kappa shape index (κ2) is 9.74. The Morgan fingerprint density at radius 2 is 1.94 bits per heavy atom. The summed E-state index contributed by atoms with van der Waals surface area (Å²) >= 11 is 0.986. The number of phenols is 1. The fourth-order valence-corrected chi connectivity index (χ4v) is 4.38. The summed E-state index contributed by atoms with van der Waals surface area (Å²) in [6.45, 7) is 2.41. The summed E-state index contributed by atoms with van der Waals surface area (Å²) in [5.41, 5.74) is 6.95. The second-order valence-electron chi connectivity index (χ2n) is 7.21. The number of benzene rings is 3. The van der Waals surface area contributed by atoms with Crippen LogP contribution in [0.2, 0.25) is 0 Å². The first-order valence-corrected chi connectivity index (χ1v) is 11.2. The molecule has 9 heteroatoms. The van der Waals surface area contributed by atoms with E-state index in [0.717, 1.165) is 27.4 Å². The van der Waals surface area contributed by atoms with Gasteiger partial charge in [0.1, 0.15) is 16.7 Å². The Hall–Kier alpha value is -3.85. The molecule has 33 heavy (non-hydrogen) atoms. The monoisotopic (exact) mass is 462 g/mol. The number of anilines is 1. The van der Waals surface area contributed by atoms with E-state index in [1.165, 1.54) is 6.21 Å². The molecular weight excluding hydrogens is 440 g/mol. The van der Waals surface area contributed by atoms with Crippen molar-refractivity contribution in [2.45, 2.75) is 18.6 Å². The number of aromatic hydroxyl groups is 1. The Morgan fingerprint density at radius 3 is 2.70 bits per heavy atom. The first-order valence-electron chi connectivity index (χ1n) is 10.3. The molecular formula is C24H22N4O4S. The molecule has 0 aliphatic carbocycles. The number of nitrogens with two attached hydrogens (primary N) is 1. The van der Waals surface area contributed by atoms with Gasteiger partial charge < -0.3 is 15.6 Å². The standard InChI is InChI=1S/C24H22N4O4S/c1-2-32-17-10-8-16(9-11-17)28-22(30)13-21(23(28)31)33-24(25)27-26-14-19-18-6-4-3-5-15(18)7-12-20(19)29/h3-12,14,21,29H,2,13H2,1H3,(H2,25,27)/b26-14+/t21-/m0/s1. The minimum absolute atomic E-state index is 0.0146. The summed E-state index contributed by atoms with van der Waals surface area (Å²) < 4.78 is 5.40. The molecule has 0 bridgehead atoms. The van der Waals surface area contributed by atoms with Gasteiger partial charge in [-0.2, -0.15) is 5.10 Å². The van der Waals surface area contributed by atoms with Crippen LogP contribution in [0.4, 0.5) is 5.69 Å². The summed E-state index contributed by atoms with van der Waals surface area (Å²) in [5.74, 6) is 0.0702. The Balaban J connectivity index is 1.45. The third-order valence-electron chi connectivity index (χ3n) is 5.06. The van der Waals surface area contributed by atoms with E-state index in [0.29, 0.717) is 23.6 Å². The van der Waals surface area contributed by atoms with Crippen molar-refractivity contribution in [3.63, 3.8) is 0 Å². The normalized spacial score (nSPS) is 16.8. The first kappa shape index (κ1) is 22.3. The third-order valence-corrected chi connectivity index (χ3v) is 6.04. The lowest BCUT2D eigenvalue weighted by atomic mass is 10.0. The van der Waals surface area contributed by atoms with Crippen LogP contribution in [-0.4, -0.2) is 40.2 Å². The van der Waals surface area contributed by atoms with Crippen molar-refractivity contribution in [2.75, 3.05) is 11.5 Å². The average Bonchev–Trinajstić information content (AvgIpc) is 3.08. The fraction of sp³-hybridized carbons (Fsp3) is 0.167. The highest BCUT2D eigenvalue weighted by molar-refractivity contribution is 8.14. The van der Waals surface area contributed by atoms with E-state index in [-0.39, 0.29) is 29.2 Å². The maximum atomic E-state index is 12.8. The molecule has 3 aromatic carbocycles. The van der Waals surface area contributed by atoms with E-state index in [1.54, 1.807) is 30.3 Å². The van der Waals surface area contributed by atoms with Crippen molar-refractivity contribution in [1.29, 1.82) is 0 Å². The number of imide groups is 1. The Morgan fingerprint density at radius 1 is 1.18 bits per heavy atom. The van der Waals surface area contributed by atoms with Gasteiger partial charge in [0.2, 0.25) is 11.8 Å². The topological polar surface area (TPSA) is 118 Å². The van der Waals surface area contributed by atoms with Gasteiger partial charge in [0.05, 0.1) is 18.5 Å². The number of phenolic OH excluding ortho intramolecular Hbond substituents is 1. The lowest BCUT2D eigenvalue weighted by Crippen LogP contribution is -2.31. The Kier molecular flexibility index (Phi) is 6.60. The van der Waals surface area contributed by atoms with Crippen LogP contribution in [-0.2, 0) is 9.59 Å². The van der Waals surface area contributed by atoms with Crippen LogP contribution in [0.25, 0.3) is 10.8 Å². The molecule has 0 unspecified atom stereocenters. The SMILES string of the molecule is CCOc1ccc(N2C(=O)C[C@H](SC(N)=N/N=C/c3c(O)ccc4ccccc34)C2=O)cc1. The molecule has 4 rings (SSSR count). The van der Waals surface area contributed by atoms with E-state index >= 15 is 0 Å². The van der Waals surface area contributed by atoms with Gasteiger partial charge in [-0.15, -0.1) is 5.10 Å². The Labute approximate surface area is 194 Å². The number of amidine groups is 1. The van der Waals surface area contributed by atoms with Crippen molar-refractivity contribution in [3.8, 4) is 11.5 Å². The molecule has 168 valence electrons. The van der Waals surface area contributed by atoms with E-state index < -0.39 is 5.25 Å². The third kappa shape index (κ3) is 4.83. The molecule has 1 aliphatic rings. The molecule has 2 amide bonds. The number of thioether (sulfide) groups is 1. The number of carbonyl (C=O) groups is 2. The molecule has 3 aromatic rings. The summed E-state index contributed by atoms with van der Waals surface area (Å²) in [7, 11) is 0. The van der Waals surface area contributed by atoms with Crippen molar-refractivity contribution in [3.05, 3.63) is 66.2 Å². The van der Waals surface area contributed by atoms with Crippen LogP contribution in [0.5, 0.6) is 11.5 Å². The molecule has 0 saturated carbocycles. The van der Waals surface area contributed by atoms with Gasteiger partial charge in [0.15, 0.2) is 5.17 Å². The number of carbonyl (C=O) groups excluding carboxylic acids is 2. The molecule has 8 nitrogen and oxygen atoms in total. The quantitative estimate of drug-likeness (QED) is 0.250. The molecule has 1 heterocycles. The molecule has 3 N–H and O–H groups in total. The molecule has 1 atom stereocenters. The van der Waals surface area contributed by atoms with Crippen molar-refractivity contribution >= 4 is 51.4 Å². The fourth-order valence-electron chi connectivity index (χ4n) is 3.56. The van der Waals surface area contributed by atoms with Crippen LogP contribution in [0.15, 0.2) is 70.9 Å². The van der Waals surface area contributed by atoms with Crippen molar-refractivity contribution in [2.24, 2.45) is 15.9 Å². The molecule has 1 saturated heterocycles. The average molecular weight is 463 g/mol. The Bertz CT molecular complexity index is 1260. The van der Waals surface area contributed by atoms with Gasteiger partial charge in [-0.1, -0.05) is 42.1 Å². The maximum absolute atomic E-state index is 12.8. The van der Waals surface area contributed by atoms with Gasteiger partial charge in [0, 0.05) is 12.0 Å². The number of hydrogen-bond acceptors (Lipinski definition) is 7. The van der Waals surface area contributed by atoms with Crippen LogP contribution in [0, 0.1) is 0 Å². The number of hydrogen-bond donors (Lipinski definition) is 2. The van der Waals surface area contributed by atoms with E-state index in [1.807, 2.05) is 37.3 Å². The van der Waals surface area contributed by atoms with Crippen molar-refractivity contribution < 1.29 is 19.4 Å². The number of nitrogens with zero attached hydrogens (tertiary/aromatic N) is 3. The molecule has 0 spiro atoms. The summed E-state index contributed by atoms with van der Waals surface area (Å²) in [6, 6.07) is 17.8. The highest BCUT2D eigenvalue weighted by Crippen LogP contribution is 2.31. The highest BCUT2D eigenvalue weighted by atomic mass is 32.2. The van der Waals surface area contributed by atoms with Gasteiger partial charge in [-0.3, -0.25) is 9.59 Å². The highest BCUT2D eigenvalue weighted by Gasteiger charge is 2.40. The largest absolute Gasteiger partial charge is 0.507 e.